The zero-order valence-corrected chi connectivity index (χ0v) is 17.7. The topological polar surface area (TPSA) is 42.9 Å². The van der Waals surface area contributed by atoms with Crippen LogP contribution < -0.4 is 4.98 Å². The summed E-state index contributed by atoms with van der Waals surface area (Å²) in [7, 11) is 0. The lowest BCUT2D eigenvalue weighted by Crippen LogP contribution is -2.07. The predicted octanol–water partition coefficient (Wildman–Crippen LogP) is 6.77. The number of nitriles is 1. The Labute approximate surface area is 178 Å². The molecular formula is C27H30N3+. The number of hydrogen-bond acceptors (Lipinski definition) is 1. The molecule has 2 aromatic heterocycles. The number of aromatic amines is 1. The Kier molecular flexibility index (Phi) is 5.41. The van der Waals surface area contributed by atoms with Crippen molar-refractivity contribution in [2.45, 2.75) is 64.3 Å². The number of hydrogen-bond donors (Lipinski definition) is 0. The predicted molar refractivity (Wildman–Crippen MR) is 123 cm³/mol. The van der Waals surface area contributed by atoms with E-state index in [1.807, 2.05) is 18.2 Å². The van der Waals surface area contributed by atoms with E-state index in [0.717, 1.165) is 23.4 Å². The number of rotatable bonds is 6. The van der Waals surface area contributed by atoms with Crippen molar-refractivity contribution >= 4 is 32.8 Å². The average Bonchev–Trinajstić information content (AvgIpc) is 3.10. The number of aryl methyl sites for hydroxylation is 1. The summed E-state index contributed by atoms with van der Waals surface area (Å²) >= 11 is 0. The molecular weight excluding hydrogens is 366 g/mol. The SMILES string of the molecule is N#Cc1ccc2[nH+]c3c4ccccc4n(CCCCCC4CCCCC4)c3cc2c1. The fraction of sp³-hybridized carbons (Fsp3) is 0.407. The van der Waals surface area contributed by atoms with Crippen LogP contribution in [0.5, 0.6) is 0 Å². The highest BCUT2D eigenvalue weighted by Crippen LogP contribution is 2.30. The van der Waals surface area contributed by atoms with E-state index in [2.05, 4.69) is 46.0 Å². The van der Waals surface area contributed by atoms with Crippen LogP contribution in [0.4, 0.5) is 0 Å². The largest absolute Gasteiger partial charge is 0.335 e. The summed E-state index contributed by atoms with van der Waals surface area (Å²) in [6.45, 7) is 1.05. The van der Waals surface area contributed by atoms with E-state index in [9.17, 15) is 5.26 Å². The van der Waals surface area contributed by atoms with E-state index in [1.54, 1.807) is 0 Å². The van der Waals surface area contributed by atoms with Gasteiger partial charge in [0, 0.05) is 18.0 Å². The molecule has 1 N–H and O–H groups in total. The molecule has 5 rings (SSSR count). The molecule has 0 bridgehead atoms. The minimum atomic E-state index is 0.709. The molecule has 30 heavy (non-hydrogen) atoms. The molecule has 2 aromatic carbocycles. The molecule has 0 radical (unpaired) electrons. The molecule has 0 saturated heterocycles. The zero-order valence-electron chi connectivity index (χ0n) is 17.7. The fourth-order valence-corrected chi connectivity index (χ4v) is 5.35. The molecule has 0 spiro atoms. The van der Waals surface area contributed by atoms with E-state index in [1.165, 1.54) is 79.7 Å². The Balaban J connectivity index is 1.40. The van der Waals surface area contributed by atoms with Crippen molar-refractivity contribution in [3.8, 4) is 6.07 Å². The molecule has 2 heterocycles. The first kappa shape index (κ1) is 19.1. The second kappa shape index (κ2) is 8.48. The van der Waals surface area contributed by atoms with Gasteiger partial charge in [0.15, 0.2) is 0 Å². The number of H-pyrrole nitrogens is 1. The summed E-state index contributed by atoms with van der Waals surface area (Å²) in [5, 5.41) is 11.7. The summed E-state index contributed by atoms with van der Waals surface area (Å²) in [4.78, 5) is 3.64. The Bertz CT molecular complexity index is 1220. The van der Waals surface area contributed by atoms with Gasteiger partial charge in [0.1, 0.15) is 5.52 Å². The summed E-state index contributed by atoms with van der Waals surface area (Å²) in [6, 6.07) is 19.1. The third-order valence-electron chi connectivity index (χ3n) is 6.96. The van der Waals surface area contributed by atoms with Gasteiger partial charge in [0.05, 0.1) is 22.5 Å². The third kappa shape index (κ3) is 3.67. The molecule has 1 saturated carbocycles. The van der Waals surface area contributed by atoms with Gasteiger partial charge in [-0.25, -0.2) is 4.98 Å². The molecule has 0 aliphatic heterocycles. The van der Waals surface area contributed by atoms with Gasteiger partial charge in [-0.3, -0.25) is 0 Å². The second-order valence-electron chi connectivity index (χ2n) is 8.97. The summed E-state index contributed by atoms with van der Waals surface area (Å²) in [6.07, 6.45) is 12.6. The van der Waals surface area contributed by atoms with Crippen molar-refractivity contribution in [2.24, 2.45) is 5.92 Å². The van der Waals surface area contributed by atoms with Gasteiger partial charge in [-0.15, -0.1) is 0 Å². The lowest BCUT2D eigenvalue weighted by Gasteiger charge is -2.21. The van der Waals surface area contributed by atoms with Crippen LogP contribution in [0, 0.1) is 17.2 Å². The van der Waals surface area contributed by atoms with E-state index < -0.39 is 0 Å². The van der Waals surface area contributed by atoms with Crippen LogP contribution >= 0.6 is 0 Å². The van der Waals surface area contributed by atoms with Crippen molar-refractivity contribution in [1.29, 1.82) is 5.26 Å². The van der Waals surface area contributed by atoms with Gasteiger partial charge in [-0.05, 0) is 42.7 Å². The third-order valence-corrected chi connectivity index (χ3v) is 6.96. The Hall–Kier alpha value is -2.86. The molecule has 1 aliphatic carbocycles. The van der Waals surface area contributed by atoms with Crippen molar-refractivity contribution < 1.29 is 4.98 Å². The Morgan fingerprint density at radius 3 is 2.67 bits per heavy atom. The van der Waals surface area contributed by atoms with Crippen LogP contribution in [0.2, 0.25) is 0 Å². The van der Waals surface area contributed by atoms with E-state index in [-0.39, 0.29) is 0 Å². The van der Waals surface area contributed by atoms with Crippen LogP contribution in [0.3, 0.4) is 0 Å². The number of aromatic nitrogens is 2. The monoisotopic (exact) mass is 396 g/mol. The van der Waals surface area contributed by atoms with E-state index in [4.69, 9.17) is 0 Å². The lowest BCUT2D eigenvalue weighted by atomic mass is 9.85. The number of pyridine rings is 1. The first-order valence-corrected chi connectivity index (χ1v) is 11.6. The van der Waals surface area contributed by atoms with Gasteiger partial charge < -0.3 is 4.57 Å². The number of benzene rings is 2. The molecule has 1 fully saturated rings. The average molecular weight is 397 g/mol. The highest BCUT2D eigenvalue weighted by Gasteiger charge is 2.18. The van der Waals surface area contributed by atoms with Gasteiger partial charge >= 0.3 is 0 Å². The van der Waals surface area contributed by atoms with Crippen LogP contribution in [-0.4, -0.2) is 4.57 Å². The van der Waals surface area contributed by atoms with Crippen molar-refractivity contribution in [3.05, 3.63) is 54.1 Å². The molecule has 0 atom stereocenters. The Morgan fingerprint density at radius 1 is 0.933 bits per heavy atom. The normalized spacial score (nSPS) is 15.2. The maximum atomic E-state index is 9.27. The van der Waals surface area contributed by atoms with Gasteiger partial charge in [-0.1, -0.05) is 63.5 Å². The molecule has 3 heteroatoms. The molecule has 3 nitrogen and oxygen atoms in total. The standard InChI is InChI=1S/C27H29N3/c28-19-21-14-15-24-22(17-21)18-26-27(29-24)23-12-6-7-13-25(23)30(26)16-8-2-5-11-20-9-3-1-4-10-20/h6-7,12-15,17-18,20H,1-5,8-11,16H2/p+1. The van der Waals surface area contributed by atoms with Crippen molar-refractivity contribution in [2.75, 3.05) is 0 Å². The number of fused-ring (bicyclic) bond motifs is 4. The quantitative estimate of drug-likeness (QED) is 0.331. The van der Waals surface area contributed by atoms with Crippen LogP contribution in [-0.2, 0) is 6.54 Å². The number of para-hydroxylation sites is 1. The molecule has 0 amide bonds. The maximum absolute atomic E-state index is 9.27. The smallest absolute Gasteiger partial charge is 0.237 e. The second-order valence-corrected chi connectivity index (χ2v) is 8.97. The van der Waals surface area contributed by atoms with Gasteiger partial charge in [0.2, 0.25) is 11.0 Å². The Morgan fingerprint density at radius 2 is 1.80 bits per heavy atom. The summed E-state index contributed by atoms with van der Waals surface area (Å²) < 4.78 is 2.47. The zero-order chi connectivity index (χ0) is 20.3. The van der Waals surface area contributed by atoms with Gasteiger partial charge in [0.25, 0.3) is 0 Å². The van der Waals surface area contributed by atoms with Crippen molar-refractivity contribution in [1.82, 2.24) is 4.57 Å². The highest BCUT2D eigenvalue weighted by molar-refractivity contribution is 6.06. The lowest BCUT2D eigenvalue weighted by molar-refractivity contribution is -0.309. The summed E-state index contributed by atoms with van der Waals surface area (Å²) in [5.74, 6) is 0.988. The van der Waals surface area contributed by atoms with Crippen molar-refractivity contribution in [3.63, 3.8) is 0 Å². The molecule has 0 unspecified atom stereocenters. The van der Waals surface area contributed by atoms with E-state index in [0.29, 0.717) is 5.56 Å². The minimum absolute atomic E-state index is 0.709. The summed E-state index contributed by atoms with van der Waals surface area (Å²) in [5.41, 5.74) is 5.53. The molecule has 4 aromatic rings. The number of unbranched alkanes of at least 4 members (excludes halogenated alkanes) is 2. The maximum Gasteiger partial charge on any atom is 0.237 e. The highest BCUT2D eigenvalue weighted by atomic mass is 15.0. The molecule has 152 valence electrons. The van der Waals surface area contributed by atoms with Crippen LogP contribution in [0.25, 0.3) is 32.8 Å². The number of nitrogens with zero attached hydrogens (tertiary/aromatic N) is 2. The minimum Gasteiger partial charge on any atom is -0.335 e. The van der Waals surface area contributed by atoms with E-state index >= 15 is 0 Å². The van der Waals surface area contributed by atoms with Crippen LogP contribution in [0.15, 0.2) is 48.5 Å². The number of nitrogens with one attached hydrogen (secondary N) is 1. The van der Waals surface area contributed by atoms with Gasteiger partial charge in [-0.2, -0.15) is 5.26 Å². The first-order valence-electron chi connectivity index (χ1n) is 11.6. The first-order chi connectivity index (χ1) is 14.8. The fourth-order valence-electron chi connectivity index (χ4n) is 5.35. The molecule has 1 aliphatic rings. The van der Waals surface area contributed by atoms with Crippen LogP contribution in [0.1, 0.15) is 63.4 Å².